The Labute approximate surface area is 182 Å². The standard InChI is InChI=1S/C21H19ClN4OS2/c1-14-6-5-7-15(10-14)20-23-16(12-28-20)13-29-21-25-24-19(26(21)2)11-27-18-9-4-3-8-17(18)22/h3-10,12H,11,13H2,1-2H3. The number of nitrogens with zero attached hydrogens (tertiary/aromatic N) is 4. The number of rotatable bonds is 7. The molecule has 0 N–H and O–H groups in total. The molecule has 0 aliphatic carbocycles. The molecule has 8 heteroatoms. The van der Waals surface area contributed by atoms with E-state index in [2.05, 4.69) is 46.8 Å². The molecule has 0 atom stereocenters. The maximum Gasteiger partial charge on any atom is 0.191 e. The minimum Gasteiger partial charge on any atom is -0.484 e. The van der Waals surface area contributed by atoms with Gasteiger partial charge >= 0.3 is 0 Å². The highest BCUT2D eigenvalue weighted by molar-refractivity contribution is 7.98. The number of thioether (sulfide) groups is 1. The Morgan fingerprint density at radius 2 is 2.00 bits per heavy atom. The molecule has 2 aromatic carbocycles. The van der Waals surface area contributed by atoms with Crippen LogP contribution >= 0.6 is 34.7 Å². The molecule has 4 rings (SSSR count). The number of thiazole rings is 1. The Bertz CT molecular complexity index is 1130. The summed E-state index contributed by atoms with van der Waals surface area (Å²) in [4.78, 5) is 4.76. The van der Waals surface area contributed by atoms with Gasteiger partial charge in [0.15, 0.2) is 11.0 Å². The molecule has 0 aliphatic heterocycles. The number of aromatic nitrogens is 4. The zero-order chi connectivity index (χ0) is 20.2. The van der Waals surface area contributed by atoms with Crippen LogP contribution in [0.1, 0.15) is 17.1 Å². The van der Waals surface area contributed by atoms with E-state index in [1.54, 1.807) is 29.2 Å². The van der Waals surface area contributed by atoms with Gasteiger partial charge < -0.3 is 9.30 Å². The van der Waals surface area contributed by atoms with Crippen LogP contribution in [-0.2, 0) is 19.4 Å². The molecular formula is C21H19ClN4OS2. The molecule has 0 bridgehead atoms. The zero-order valence-electron chi connectivity index (χ0n) is 16.0. The van der Waals surface area contributed by atoms with Crippen molar-refractivity contribution < 1.29 is 4.74 Å². The third-order valence-electron chi connectivity index (χ3n) is 4.28. The number of hydrogen-bond acceptors (Lipinski definition) is 6. The SMILES string of the molecule is Cc1cccc(-c2nc(CSc3nnc(COc4ccccc4Cl)n3C)cs2)c1. The van der Waals surface area contributed by atoms with Crippen molar-refractivity contribution >= 4 is 34.7 Å². The lowest BCUT2D eigenvalue weighted by Crippen LogP contribution is -2.04. The van der Waals surface area contributed by atoms with Crippen molar-refractivity contribution in [1.29, 1.82) is 0 Å². The molecule has 29 heavy (non-hydrogen) atoms. The van der Waals surface area contributed by atoms with Gasteiger partial charge in [-0.2, -0.15) is 0 Å². The van der Waals surface area contributed by atoms with E-state index in [0.717, 1.165) is 33.0 Å². The second-order valence-corrected chi connectivity index (χ2v) is 8.69. The summed E-state index contributed by atoms with van der Waals surface area (Å²) in [5, 5.41) is 13.1. The second-order valence-electron chi connectivity index (χ2n) is 6.48. The van der Waals surface area contributed by atoms with E-state index in [1.807, 2.05) is 29.8 Å². The Morgan fingerprint density at radius 3 is 2.83 bits per heavy atom. The molecular weight excluding hydrogens is 424 g/mol. The number of para-hydroxylation sites is 1. The van der Waals surface area contributed by atoms with Crippen LogP contribution in [0.15, 0.2) is 59.1 Å². The third-order valence-corrected chi connectivity index (χ3v) is 6.59. The quantitative estimate of drug-likeness (QED) is 0.340. The fourth-order valence-electron chi connectivity index (χ4n) is 2.72. The minimum atomic E-state index is 0.308. The smallest absolute Gasteiger partial charge is 0.191 e. The summed E-state index contributed by atoms with van der Waals surface area (Å²) in [6, 6.07) is 15.8. The third kappa shape index (κ3) is 4.80. The van der Waals surface area contributed by atoms with Gasteiger partial charge in [0.05, 0.1) is 10.7 Å². The summed E-state index contributed by atoms with van der Waals surface area (Å²) in [7, 11) is 1.94. The highest BCUT2D eigenvalue weighted by atomic mass is 35.5. The molecule has 0 spiro atoms. The largest absolute Gasteiger partial charge is 0.484 e. The van der Waals surface area contributed by atoms with E-state index in [-0.39, 0.29) is 0 Å². The van der Waals surface area contributed by atoms with Gasteiger partial charge in [0.2, 0.25) is 0 Å². The Hall–Kier alpha value is -2.35. The van der Waals surface area contributed by atoms with Gasteiger partial charge in [0, 0.05) is 23.7 Å². The van der Waals surface area contributed by atoms with Gasteiger partial charge in [-0.15, -0.1) is 21.5 Å². The number of aryl methyl sites for hydroxylation is 1. The van der Waals surface area contributed by atoms with Crippen molar-refractivity contribution in [3.05, 3.63) is 76.0 Å². The highest BCUT2D eigenvalue weighted by Crippen LogP contribution is 2.28. The van der Waals surface area contributed by atoms with Crippen LogP contribution in [0.5, 0.6) is 5.75 Å². The number of halogens is 1. The number of ether oxygens (including phenoxy) is 1. The van der Waals surface area contributed by atoms with Gasteiger partial charge in [-0.05, 0) is 25.1 Å². The zero-order valence-corrected chi connectivity index (χ0v) is 18.4. The highest BCUT2D eigenvalue weighted by Gasteiger charge is 2.12. The Morgan fingerprint density at radius 1 is 1.14 bits per heavy atom. The average Bonchev–Trinajstić information content (AvgIpc) is 3.33. The van der Waals surface area contributed by atoms with Crippen LogP contribution < -0.4 is 4.74 Å². The van der Waals surface area contributed by atoms with E-state index in [9.17, 15) is 0 Å². The molecule has 2 heterocycles. The Kier molecular flexibility index (Phi) is 6.18. The van der Waals surface area contributed by atoms with Crippen LogP contribution in [0.2, 0.25) is 5.02 Å². The fourth-order valence-corrected chi connectivity index (χ4v) is 4.66. The van der Waals surface area contributed by atoms with E-state index in [1.165, 1.54) is 5.56 Å². The molecule has 2 aromatic heterocycles. The summed E-state index contributed by atoms with van der Waals surface area (Å²) in [5.74, 6) is 2.11. The lowest BCUT2D eigenvalue weighted by atomic mass is 10.1. The maximum absolute atomic E-state index is 6.13. The van der Waals surface area contributed by atoms with Crippen molar-refractivity contribution in [3.63, 3.8) is 0 Å². The predicted octanol–water partition coefficient (Wildman–Crippen LogP) is 5.77. The van der Waals surface area contributed by atoms with Gasteiger partial charge in [-0.3, -0.25) is 0 Å². The first kappa shape index (κ1) is 19.9. The molecule has 0 unspecified atom stereocenters. The first-order valence-corrected chi connectivity index (χ1v) is 11.2. The first-order chi connectivity index (χ1) is 14.1. The normalized spacial score (nSPS) is 11.0. The summed E-state index contributed by atoms with van der Waals surface area (Å²) < 4.78 is 7.71. The minimum absolute atomic E-state index is 0.308. The molecule has 0 saturated carbocycles. The van der Waals surface area contributed by atoms with Crippen molar-refractivity contribution in [3.8, 4) is 16.3 Å². The fraction of sp³-hybridized carbons (Fsp3) is 0.190. The van der Waals surface area contributed by atoms with Crippen LogP contribution in [-0.4, -0.2) is 19.7 Å². The lowest BCUT2D eigenvalue weighted by molar-refractivity contribution is 0.290. The molecule has 0 radical (unpaired) electrons. The number of benzene rings is 2. The second kappa shape index (κ2) is 8.98. The van der Waals surface area contributed by atoms with Crippen LogP contribution in [0.3, 0.4) is 0 Å². The summed E-state index contributed by atoms with van der Waals surface area (Å²) in [5.41, 5.74) is 3.43. The average molecular weight is 443 g/mol. The van der Waals surface area contributed by atoms with Crippen molar-refractivity contribution in [2.45, 2.75) is 24.4 Å². The first-order valence-electron chi connectivity index (χ1n) is 9.00. The van der Waals surface area contributed by atoms with Gasteiger partial charge in [0.1, 0.15) is 17.4 Å². The predicted molar refractivity (Wildman–Crippen MR) is 119 cm³/mol. The molecule has 0 amide bonds. The van der Waals surface area contributed by atoms with Gasteiger partial charge in [-0.1, -0.05) is 59.3 Å². The monoisotopic (exact) mass is 442 g/mol. The summed E-state index contributed by atoms with van der Waals surface area (Å²) >= 11 is 9.40. The molecule has 0 aliphatic rings. The van der Waals surface area contributed by atoms with Gasteiger partial charge in [0.25, 0.3) is 0 Å². The lowest BCUT2D eigenvalue weighted by Gasteiger charge is -2.07. The van der Waals surface area contributed by atoms with Crippen molar-refractivity contribution in [2.75, 3.05) is 0 Å². The van der Waals surface area contributed by atoms with E-state index in [4.69, 9.17) is 21.3 Å². The number of hydrogen-bond donors (Lipinski definition) is 0. The molecule has 4 aromatic rings. The van der Waals surface area contributed by atoms with Crippen LogP contribution in [0.25, 0.3) is 10.6 Å². The van der Waals surface area contributed by atoms with Crippen molar-refractivity contribution in [2.24, 2.45) is 7.05 Å². The maximum atomic E-state index is 6.13. The Balaban J connectivity index is 1.38. The molecule has 148 valence electrons. The molecule has 5 nitrogen and oxygen atoms in total. The van der Waals surface area contributed by atoms with Crippen molar-refractivity contribution in [1.82, 2.24) is 19.7 Å². The topological polar surface area (TPSA) is 52.8 Å². The molecule has 0 saturated heterocycles. The summed E-state index contributed by atoms with van der Waals surface area (Å²) in [6.07, 6.45) is 0. The van der Waals surface area contributed by atoms with Crippen LogP contribution in [0.4, 0.5) is 0 Å². The summed E-state index contributed by atoms with van der Waals surface area (Å²) in [6.45, 7) is 2.40. The van der Waals surface area contributed by atoms with Crippen LogP contribution in [0, 0.1) is 6.92 Å². The molecule has 0 fully saturated rings. The van der Waals surface area contributed by atoms with E-state index in [0.29, 0.717) is 17.4 Å². The van der Waals surface area contributed by atoms with Gasteiger partial charge in [-0.25, -0.2) is 4.98 Å². The van der Waals surface area contributed by atoms with E-state index < -0.39 is 0 Å². The van der Waals surface area contributed by atoms with E-state index >= 15 is 0 Å².